The van der Waals surface area contributed by atoms with E-state index in [9.17, 15) is 15.0 Å². The molecular weight excluding hydrogens is 464 g/mol. The number of aliphatic hydroxyl groups is 2. The molecule has 2 aromatic carbocycles. The zero-order valence-electron chi connectivity index (χ0n) is 19.5. The van der Waals surface area contributed by atoms with E-state index >= 15 is 0 Å². The Morgan fingerprint density at radius 1 is 1.06 bits per heavy atom. The van der Waals surface area contributed by atoms with E-state index in [0.29, 0.717) is 17.0 Å². The second-order valence-corrected chi connectivity index (χ2v) is 9.59. The fourth-order valence-electron chi connectivity index (χ4n) is 4.04. The number of benzene rings is 2. The minimum Gasteiger partial charge on any atom is -0.396 e. The number of pyridine rings is 1. The number of amides is 1. The third kappa shape index (κ3) is 6.48. The summed E-state index contributed by atoms with van der Waals surface area (Å²) in [5, 5.41) is 21.5. The van der Waals surface area contributed by atoms with Crippen LogP contribution in [0.2, 0.25) is 0 Å². The quantitative estimate of drug-likeness (QED) is 0.380. The van der Waals surface area contributed by atoms with Crippen LogP contribution in [0, 0.1) is 5.92 Å². The number of nitrogens with zero attached hydrogens (tertiary/aromatic N) is 1. The maximum Gasteiger partial charge on any atom is 0.257 e. The van der Waals surface area contributed by atoms with Crippen LogP contribution in [0.25, 0.3) is 0 Å². The Bertz CT molecular complexity index is 1100. The van der Waals surface area contributed by atoms with Crippen molar-refractivity contribution in [1.82, 2.24) is 4.98 Å². The minimum atomic E-state index is -0.622. The van der Waals surface area contributed by atoms with Crippen LogP contribution in [-0.2, 0) is 16.1 Å². The first-order valence-electron chi connectivity index (χ1n) is 11.6. The first-order chi connectivity index (χ1) is 17.1. The van der Waals surface area contributed by atoms with E-state index in [-0.39, 0.29) is 37.2 Å². The van der Waals surface area contributed by atoms with Gasteiger partial charge in [-0.05, 0) is 35.4 Å². The van der Waals surface area contributed by atoms with Gasteiger partial charge in [-0.3, -0.25) is 9.78 Å². The molecule has 0 saturated carbocycles. The Kier molecular flexibility index (Phi) is 8.90. The molecule has 4 unspecified atom stereocenters. The van der Waals surface area contributed by atoms with Gasteiger partial charge < -0.3 is 25.0 Å². The maximum absolute atomic E-state index is 12.6. The van der Waals surface area contributed by atoms with Gasteiger partial charge in [0.2, 0.25) is 0 Å². The van der Waals surface area contributed by atoms with E-state index in [1.165, 1.54) is 6.20 Å². The maximum atomic E-state index is 12.6. The molecule has 4 rings (SSSR count). The summed E-state index contributed by atoms with van der Waals surface area (Å²) in [6.07, 6.45) is 2.22. The van der Waals surface area contributed by atoms with Gasteiger partial charge in [-0.25, -0.2) is 0 Å². The lowest BCUT2D eigenvalue weighted by Gasteiger charge is -2.41. The average Bonchev–Trinajstić information content (AvgIpc) is 2.90. The monoisotopic (exact) mass is 494 g/mol. The van der Waals surface area contributed by atoms with Crippen molar-refractivity contribution >= 4 is 23.4 Å². The van der Waals surface area contributed by atoms with Crippen molar-refractivity contribution in [3.63, 3.8) is 0 Å². The summed E-state index contributed by atoms with van der Waals surface area (Å²) in [6, 6.07) is 18.7. The van der Waals surface area contributed by atoms with E-state index < -0.39 is 6.29 Å². The van der Waals surface area contributed by atoms with Gasteiger partial charge in [-0.15, -0.1) is 0 Å². The number of ether oxygens (including phenoxy) is 2. The molecule has 0 spiro atoms. The number of thioether (sulfide) groups is 1. The highest BCUT2D eigenvalue weighted by atomic mass is 32.2. The topological polar surface area (TPSA) is 101 Å². The number of aliphatic hydroxyl groups excluding tert-OH is 2. The van der Waals surface area contributed by atoms with Crippen molar-refractivity contribution in [2.45, 2.75) is 32.0 Å². The third-order valence-electron chi connectivity index (χ3n) is 5.98. The molecule has 4 atom stereocenters. The van der Waals surface area contributed by atoms with Gasteiger partial charge in [0.25, 0.3) is 5.91 Å². The smallest absolute Gasteiger partial charge is 0.257 e. The number of anilines is 1. The molecule has 7 nitrogen and oxygen atoms in total. The van der Waals surface area contributed by atoms with Crippen LogP contribution >= 0.6 is 11.8 Å². The predicted molar refractivity (Wildman–Crippen MR) is 136 cm³/mol. The molecule has 3 N–H and O–H groups in total. The molecule has 184 valence electrons. The van der Waals surface area contributed by atoms with Gasteiger partial charge in [0, 0.05) is 41.1 Å². The SMILES string of the molecule is CC1C(CSCCO)OC(c2cccc(NC(=O)c3cccnc3)c2)OC1c1ccc(CO)cc1. The van der Waals surface area contributed by atoms with Crippen molar-refractivity contribution in [3.8, 4) is 0 Å². The Labute approximate surface area is 209 Å². The van der Waals surface area contributed by atoms with Gasteiger partial charge in [0.1, 0.15) is 0 Å². The molecule has 0 aliphatic carbocycles. The molecule has 3 aromatic rings. The average molecular weight is 495 g/mol. The summed E-state index contributed by atoms with van der Waals surface area (Å²) in [6.45, 7) is 2.22. The van der Waals surface area contributed by atoms with Crippen LogP contribution < -0.4 is 5.32 Å². The van der Waals surface area contributed by atoms with Crippen molar-refractivity contribution in [3.05, 3.63) is 95.3 Å². The molecule has 1 aliphatic heterocycles. The van der Waals surface area contributed by atoms with Gasteiger partial charge in [0.05, 0.1) is 31.0 Å². The molecule has 35 heavy (non-hydrogen) atoms. The van der Waals surface area contributed by atoms with Crippen molar-refractivity contribution in [2.75, 3.05) is 23.4 Å². The van der Waals surface area contributed by atoms with Crippen LogP contribution in [0.1, 0.15) is 46.4 Å². The van der Waals surface area contributed by atoms with Crippen LogP contribution in [0.15, 0.2) is 73.1 Å². The molecule has 1 fully saturated rings. The Morgan fingerprint density at radius 2 is 1.89 bits per heavy atom. The molecule has 0 bridgehead atoms. The predicted octanol–water partition coefficient (Wildman–Crippen LogP) is 4.34. The molecule has 2 heterocycles. The van der Waals surface area contributed by atoms with Crippen LogP contribution in [-0.4, -0.2) is 45.3 Å². The fraction of sp³-hybridized carbons (Fsp3) is 0.333. The molecule has 1 aromatic heterocycles. The number of carbonyl (C=O) groups excluding carboxylic acids is 1. The molecule has 0 radical (unpaired) electrons. The van der Waals surface area contributed by atoms with Crippen molar-refractivity contribution in [2.24, 2.45) is 5.92 Å². The van der Waals surface area contributed by atoms with Gasteiger partial charge >= 0.3 is 0 Å². The number of aromatic nitrogens is 1. The second-order valence-electron chi connectivity index (χ2n) is 8.44. The molecule has 1 saturated heterocycles. The summed E-state index contributed by atoms with van der Waals surface area (Å²) in [5.74, 6) is 1.20. The lowest BCUT2D eigenvalue weighted by Crippen LogP contribution is -2.38. The van der Waals surface area contributed by atoms with Crippen LogP contribution in [0.3, 0.4) is 0 Å². The van der Waals surface area contributed by atoms with E-state index in [0.717, 1.165) is 22.4 Å². The molecule has 1 aliphatic rings. The standard InChI is InChI=1S/C27H30N2O5S/c1-18-24(17-35-13-12-30)33-27(34-25(18)20-9-7-19(16-31)8-10-20)21-4-2-6-23(14-21)29-26(32)22-5-3-11-28-15-22/h2-11,14-15,18,24-25,27,30-31H,12-13,16-17H2,1H3,(H,29,32). The number of hydrogen-bond acceptors (Lipinski definition) is 7. The summed E-state index contributed by atoms with van der Waals surface area (Å²) in [7, 11) is 0. The molecule has 1 amide bonds. The fourth-order valence-corrected chi connectivity index (χ4v) is 4.95. The normalized spacial score (nSPS) is 22.0. The first-order valence-corrected chi connectivity index (χ1v) is 12.7. The number of rotatable bonds is 9. The van der Waals surface area contributed by atoms with Crippen molar-refractivity contribution < 1.29 is 24.5 Å². The highest BCUT2D eigenvalue weighted by Gasteiger charge is 2.38. The van der Waals surface area contributed by atoms with E-state index in [1.54, 1.807) is 30.1 Å². The van der Waals surface area contributed by atoms with Gasteiger partial charge in [-0.1, -0.05) is 43.3 Å². The Morgan fingerprint density at radius 3 is 2.60 bits per heavy atom. The van der Waals surface area contributed by atoms with E-state index in [1.807, 2.05) is 48.5 Å². The summed E-state index contributed by atoms with van der Waals surface area (Å²) < 4.78 is 12.8. The first kappa shape index (κ1) is 25.3. The highest BCUT2D eigenvalue weighted by molar-refractivity contribution is 7.99. The van der Waals surface area contributed by atoms with E-state index in [2.05, 4.69) is 17.2 Å². The Hall–Kier alpha value is -2.75. The molecule has 8 heteroatoms. The lowest BCUT2D eigenvalue weighted by molar-refractivity contribution is -0.268. The lowest BCUT2D eigenvalue weighted by atomic mass is 9.91. The van der Waals surface area contributed by atoms with Crippen LogP contribution in [0.5, 0.6) is 0 Å². The third-order valence-corrected chi connectivity index (χ3v) is 7.02. The zero-order valence-corrected chi connectivity index (χ0v) is 20.4. The molecular formula is C27H30N2O5S. The summed E-state index contributed by atoms with van der Waals surface area (Å²) >= 11 is 1.65. The Balaban J connectivity index is 1.56. The summed E-state index contributed by atoms with van der Waals surface area (Å²) in [5.41, 5.74) is 3.77. The minimum absolute atomic E-state index is 0.00885. The zero-order chi connectivity index (χ0) is 24.6. The highest BCUT2D eigenvalue weighted by Crippen LogP contribution is 2.42. The van der Waals surface area contributed by atoms with Crippen LogP contribution in [0.4, 0.5) is 5.69 Å². The van der Waals surface area contributed by atoms with Gasteiger partial charge in [-0.2, -0.15) is 11.8 Å². The van der Waals surface area contributed by atoms with Crippen molar-refractivity contribution in [1.29, 1.82) is 0 Å². The second kappa shape index (κ2) is 12.3. The van der Waals surface area contributed by atoms with Gasteiger partial charge in [0.15, 0.2) is 6.29 Å². The summed E-state index contributed by atoms with van der Waals surface area (Å²) in [4.78, 5) is 16.6. The van der Waals surface area contributed by atoms with E-state index in [4.69, 9.17) is 9.47 Å². The largest absolute Gasteiger partial charge is 0.396 e. The number of hydrogen-bond donors (Lipinski definition) is 3. The number of carbonyl (C=O) groups is 1. The number of nitrogens with one attached hydrogen (secondary N) is 1.